The van der Waals surface area contributed by atoms with E-state index in [-0.39, 0.29) is 18.7 Å². The smallest absolute Gasteiger partial charge is 0.330 e. The Balaban J connectivity index is 3.02. The molecule has 8 heteroatoms. The molecule has 0 bridgehead atoms. The fourth-order valence-electron chi connectivity index (χ4n) is 1.75. The minimum atomic E-state index is -4.57. The second kappa shape index (κ2) is 5.11. The summed E-state index contributed by atoms with van der Waals surface area (Å²) in [4.78, 5) is 0. The van der Waals surface area contributed by atoms with Crippen LogP contribution in [0.25, 0.3) is 0 Å². The predicted molar refractivity (Wildman–Crippen MR) is 57.8 cm³/mol. The average Bonchev–Trinajstić information content (AvgIpc) is 2.99. The third kappa shape index (κ3) is 3.56. The highest BCUT2D eigenvalue weighted by Crippen LogP contribution is 2.38. The lowest BCUT2D eigenvalue weighted by molar-refractivity contribution is -0.173. The summed E-state index contributed by atoms with van der Waals surface area (Å²) in [5.74, 6) is -0.319. The Kier molecular flexibility index (Phi) is 4.43. The number of sulfonamides is 1. The van der Waals surface area contributed by atoms with Gasteiger partial charge in [-0.3, -0.25) is 0 Å². The van der Waals surface area contributed by atoms with Crippen LogP contribution in [0.2, 0.25) is 0 Å². The van der Waals surface area contributed by atoms with E-state index >= 15 is 0 Å². The number of hydrogen-bond donors (Lipinski definition) is 1. The standard InChI is InChI=1S/C9H17F3N2O2S/c1-2-17(15,16)14(7-3-4-7)8(5-6-13)9(10,11)12/h7-8H,2-6,13H2,1H3. The van der Waals surface area contributed by atoms with Crippen molar-refractivity contribution in [1.29, 1.82) is 0 Å². The fraction of sp³-hybridized carbons (Fsp3) is 1.00. The first-order valence-electron chi connectivity index (χ1n) is 5.52. The molecule has 2 N–H and O–H groups in total. The third-order valence-corrected chi connectivity index (χ3v) is 4.64. The zero-order valence-corrected chi connectivity index (χ0v) is 10.4. The van der Waals surface area contributed by atoms with Crippen molar-refractivity contribution in [3.05, 3.63) is 0 Å². The molecule has 0 aliphatic heterocycles. The summed E-state index contributed by atoms with van der Waals surface area (Å²) < 4.78 is 62.6. The molecular formula is C9H17F3N2O2S. The lowest BCUT2D eigenvalue weighted by Crippen LogP contribution is -2.51. The first kappa shape index (κ1) is 14.7. The second-order valence-corrected chi connectivity index (χ2v) is 6.26. The zero-order valence-electron chi connectivity index (χ0n) is 9.57. The fourth-order valence-corrected chi connectivity index (χ4v) is 3.32. The van der Waals surface area contributed by atoms with Crippen molar-refractivity contribution in [3.8, 4) is 0 Å². The predicted octanol–water partition coefficient (Wildman–Crippen LogP) is 1.08. The van der Waals surface area contributed by atoms with Crippen molar-refractivity contribution in [2.24, 2.45) is 5.73 Å². The van der Waals surface area contributed by atoms with Crippen LogP contribution in [0.5, 0.6) is 0 Å². The Hall–Kier alpha value is -0.340. The molecule has 17 heavy (non-hydrogen) atoms. The van der Waals surface area contributed by atoms with Gasteiger partial charge in [-0.1, -0.05) is 0 Å². The Morgan fingerprint density at radius 2 is 1.94 bits per heavy atom. The van der Waals surface area contributed by atoms with Gasteiger partial charge < -0.3 is 5.73 Å². The van der Waals surface area contributed by atoms with Gasteiger partial charge in [-0.05, 0) is 32.7 Å². The van der Waals surface area contributed by atoms with Gasteiger partial charge in [-0.15, -0.1) is 0 Å². The number of rotatable bonds is 6. The lowest BCUT2D eigenvalue weighted by Gasteiger charge is -2.31. The molecule has 1 rings (SSSR count). The van der Waals surface area contributed by atoms with E-state index in [1.165, 1.54) is 6.92 Å². The minimum Gasteiger partial charge on any atom is -0.330 e. The van der Waals surface area contributed by atoms with Crippen LogP contribution in [0.1, 0.15) is 26.2 Å². The summed E-state index contributed by atoms with van der Waals surface area (Å²) in [6, 6.07) is -2.48. The molecule has 0 heterocycles. The van der Waals surface area contributed by atoms with Crippen LogP contribution < -0.4 is 5.73 Å². The normalized spacial score (nSPS) is 19.6. The van der Waals surface area contributed by atoms with E-state index in [9.17, 15) is 21.6 Å². The topological polar surface area (TPSA) is 63.4 Å². The van der Waals surface area contributed by atoms with Crippen molar-refractivity contribution in [1.82, 2.24) is 4.31 Å². The van der Waals surface area contributed by atoms with Crippen LogP contribution in [-0.4, -0.2) is 43.3 Å². The molecule has 1 aliphatic rings. The van der Waals surface area contributed by atoms with E-state index < -0.39 is 28.3 Å². The van der Waals surface area contributed by atoms with Crippen LogP contribution in [0, 0.1) is 0 Å². The molecule has 0 saturated heterocycles. The highest BCUT2D eigenvalue weighted by atomic mass is 32.2. The summed E-state index contributed by atoms with van der Waals surface area (Å²) in [7, 11) is -3.84. The summed E-state index contributed by atoms with van der Waals surface area (Å²) in [6.07, 6.45) is -3.96. The summed E-state index contributed by atoms with van der Waals surface area (Å²) in [6.45, 7) is 1.16. The first-order valence-corrected chi connectivity index (χ1v) is 7.13. The van der Waals surface area contributed by atoms with Crippen molar-refractivity contribution in [3.63, 3.8) is 0 Å². The Morgan fingerprint density at radius 3 is 2.24 bits per heavy atom. The molecule has 102 valence electrons. The molecule has 0 radical (unpaired) electrons. The highest BCUT2D eigenvalue weighted by Gasteiger charge is 2.51. The minimum absolute atomic E-state index is 0.188. The van der Waals surface area contributed by atoms with Crippen molar-refractivity contribution < 1.29 is 21.6 Å². The van der Waals surface area contributed by atoms with Gasteiger partial charge >= 0.3 is 6.18 Å². The molecule has 1 saturated carbocycles. The second-order valence-electron chi connectivity index (χ2n) is 4.10. The van der Waals surface area contributed by atoms with Gasteiger partial charge in [0.1, 0.15) is 6.04 Å². The van der Waals surface area contributed by atoms with Crippen LogP contribution >= 0.6 is 0 Å². The molecule has 1 aliphatic carbocycles. The first-order chi connectivity index (χ1) is 7.74. The van der Waals surface area contributed by atoms with Crippen molar-refractivity contribution >= 4 is 10.0 Å². The Labute approximate surface area is 99.0 Å². The van der Waals surface area contributed by atoms with Gasteiger partial charge in [0.15, 0.2) is 0 Å². The van der Waals surface area contributed by atoms with Gasteiger partial charge in [0.2, 0.25) is 10.0 Å². The van der Waals surface area contributed by atoms with Gasteiger partial charge in [0, 0.05) is 6.04 Å². The highest BCUT2D eigenvalue weighted by molar-refractivity contribution is 7.89. The van der Waals surface area contributed by atoms with E-state index in [1.54, 1.807) is 0 Å². The van der Waals surface area contributed by atoms with Crippen molar-refractivity contribution in [2.45, 2.75) is 44.4 Å². The van der Waals surface area contributed by atoms with Gasteiger partial charge in [-0.25, -0.2) is 8.42 Å². The number of alkyl halides is 3. The SMILES string of the molecule is CCS(=O)(=O)N(C1CC1)C(CCN)C(F)(F)F. The van der Waals surface area contributed by atoms with E-state index in [0.29, 0.717) is 17.1 Å². The number of hydrogen-bond acceptors (Lipinski definition) is 3. The van der Waals surface area contributed by atoms with Crippen LogP contribution in [0.15, 0.2) is 0 Å². The summed E-state index contributed by atoms with van der Waals surface area (Å²) in [5, 5.41) is 0. The van der Waals surface area contributed by atoms with Gasteiger partial charge in [0.05, 0.1) is 5.75 Å². The molecule has 1 unspecified atom stereocenters. The maximum atomic E-state index is 12.9. The molecule has 4 nitrogen and oxygen atoms in total. The quantitative estimate of drug-likeness (QED) is 0.788. The molecule has 0 aromatic carbocycles. The maximum absolute atomic E-state index is 12.9. The molecule has 0 aromatic heterocycles. The van der Waals surface area contributed by atoms with Crippen molar-refractivity contribution in [2.75, 3.05) is 12.3 Å². The van der Waals surface area contributed by atoms with Crippen LogP contribution in [0.3, 0.4) is 0 Å². The summed E-state index contributed by atoms with van der Waals surface area (Å²) >= 11 is 0. The van der Waals surface area contributed by atoms with E-state index in [2.05, 4.69) is 0 Å². The van der Waals surface area contributed by atoms with E-state index in [4.69, 9.17) is 5.73 Å². The maximum Gasteiger partial charge on any atom is 0.405 e. The van der Waals surface area contributed by atoms with Gasteiger partial charge in [-0.2, -0.15) is 17.5 Å². The molecular weight excluding hydrogens is 257 g/mol. The molecule has 1 atom stereocenters. The monoisotopic (exact) mass is 274 g/mol. The van der Waals surface area contributed by atoms with Crippen LogP contribution in [0.4, 0.5) is 13.2 Å². The third-order valence-electron chi connectivity index (χ3n) is 2.72. The molecule has 0 aromatic rings. The van der Waals surface area contributed by atoms with E-state index in [1.807, 2.05) is 0 Å². The zero-order chi connectivity index (χ0) is 13.3. The Bertz CT molecular complexity index is 352. The Morgan fingerprint density at radius 1 is 1.41 bits per heavy atom. The van der Waals surface area contributed by atoms with Crippen LogP contribution in [-0.2, 0) is 10.0 Å². The average molecular weight is 274 g/mol. The lowest BCUT2D eigenvalue weighted by atomic mass is 10.2. The number of halogens is 3. The number of nitrogens with two attached hydrogens (primary N) is 1. The number of nitrogens with zero attached hydrogens (tertiary/aromatic N) is 1. The molecule has 0 amide bonds. The van der Waals surface area contributed by atoms with E-state index in [0.717, 1.165) is 0 Å². The molecule has 1 fully saturated rings. The summed E-state index contributed by atoms with van der Waals surface area (Å²) in [5.41, 5.74) is 5.15. The largest absolute Gasteiger partial charge is 0.405 e. The van der Waals surface area contributed by atoms with Gasteiger partial charge in [0.25, 0.3) is 0 Å². The molecule has 0 spiro atoms.